The molecule has 0 fully saturated rings. The molecule has 1 aromatic rings. The molecule has 0 aliphatic heterocycles. The molecule has 1 N–H and O–H groups in total. The molecular weight excluding hydrogens is 317 g/mol. The maximum Gasteiger partial charge on any atom is 0.124 e. The molecule has 18 heavy (non-hydrogen) atoms. The van der Waals surface area contributed by atoms with Crippen molar-refractivity contribution in [3.8, 4) is 0 Å². The number of halogens is 2. The summed E-state index contributed by atoms with van der Waals surface area (Å²) >= 11 is 3.33. The van der Waals surface area contributed by atoms with E-state index in [2.05, 4.69) is 20.7 Å². The highest BCUT2D eigenvalue weighted by Crippen LogP contribution is 2.27. The Morgan fingerprint density at radius 3 is 2.44 bits per heavy atom. The van der Waals surface area contributed by atoms with E-state index >= 15 is 0 Å². The molecule has 1 aromatic carbocycles. The number of benzene rings is 1. The van der Waals surface area contributed by atoms with Crippen LogP contribution < -0.4 is 4.72 Å². The lowest BCUT2D eigenvalue weighted by molar-refractivity contribution is 0.603. The maximum absolute atomic E-state index is 13.4. The molecule has 0 spiro atoms. The monoisotopic (exact) mass is 335 g/mol. The van der Waals surface area contributed by atoms with Crippen LogP contribution in [0.15, 0.2) is 16.6 Å². The zero-order chi connectivity index (χ0) is 14.1. The Bertz CT molecular complexity index is 471. The van der Waals surface area contributed by atoms with Crippen LogP contribution in [-0.2, 0) is 11.0 Å². The molecule has 0 saturated heterocycles. The first-order valence-electron chi connectivity index (χ1n) is 5.76. The van der Waals surface area contributed by atoms with Gasteiger partial charge in [-0.05, 0) is 57.9 Å². The predicted octanol–water partition coefficient (Wildman–Crippen LogP) is 4.01. The minimum atomic E-state index is -1.18. The van der Waals surface area contributed by atoms with Crippen LogP contribution in [0.1, 0.15) is 44.9 Å². The molecule has 0 aliphatic carbocycles. The highest BCUT2D eigenvalue weighted by molar-refractivity contribution is 9.10. The van der Waals surface area contributed by atoms with Gasteiger partial charge in [0.1, 0.15) is 5.82 Å². The molecule has 2 atom stereocenters. The molecule has 0 saturated carbocycles. The van der Waals surface area contributed by atoms with E-state index in [0.717, 1.165) is 15.6 Å². The van der Waals surface area contributed by atoms with E-state index in [9.17, 15) is 8.60 Å². The van der Waals surface area contributed by atoms with Crippen LogP contribution in [0.3, 0.4) is 0 Å². The Morgan fingerprint density at radius 2 is 1.94 bits per heavy atom. The fourth-order valence-electron chi connectivity index (χ4n) is 1.52. The van der Waals surface area contributed by atoms with Gasteiger partial charge in [-0.2, -0.15) is 0 Å². The SMILES string of the molecule is Cc1c(Br)cc(F)cc1[C@@H](C)N[S@@](=O)C(C)(C)C. The van der Waals surface area contributed by atoms with E-state index in [4.69, 9.17) is 0 Å². The van der Waals surface area contributed by atoms with Gasteiger partial charge in [0.25, 0.3) is 0 Å². The van der Waals surface area contributed by atoms with Crippen LogP contribution in [0.4, 0.5) is 4.39 Å². The summed E-state index contributed by atoms with van der Waals surface area (Å²) in [5.74, 6) is -0.294. The lowest BCUT2D eigenvalue weighted by Gasteiger charge is -2.23. The number of nitrogens with one attached hydrogen (secondary N) is 1. The summed E-state index contributed by atoms with van der Waals surface area (Å²) in [5, 5.41) is 0. The molecule has 0 aromatic heterocycles. The summed E-state index contributed by atoms with van der Waals surface area (Å²) in [4.78, 5) is 0. The quantitative estimate of drug-likeness (QED) is 0.888. The van der Waals surface area contributed by atoms with Gasteiger partial charge in [-0.25, -0.2) is 13.3 Å². The summed E-state index contributed by atoms with van der Waals surface area (Å²) in [6.07, 6.45) is 0. The summed E-state index contributed by atoms with van der Waals surface area (Å²) in [5.41, 5.74) is 1.78. The largest absolute Gasteiger partial charge is 0.242 e. The summed E-state index contributed by atoms with van der Waals surface area (Å²) in [7, 11) is -1.18. The van der Waals surface area contributed by atoms with E-state index in [-0.39, 0.29) is 16.6 Å². The highest BCUT2D eigenvalue weighted by Gasteiger charge is 2.22. The first-order valence-corrected chi connectivity index (χ1v) is 7.71. The second-order valence-corrected chi connectivity index (χ2v) is 8.17. The van der Waals surface area contributed by atoms with Gasteiger partial charge in [0.15, 0.2) is 0 Å². The lowest BCUT2D eigenvalue weighted by atomic mass is 10.0. The van der Waals surface area contributed by atoms with Crippen LogP contribution in [0.5, 0.6) is 0 Å². The van der Waals surface area contributed by atoms with Gasteiger partial charge < -0.3 is 0 Å². The average Bonchev–Trinajstić information content (AvgIpc) is 2.21. The Hall–Kier alpha value is -0.260. The van der Waals surface area contributed by atoms with Crippen molar-refractivity contribution in [1.29, 1.82) is 0 Å². The molecule has 2 nitrogen and oxygen atoms in total. The Kier molecular flexibility index (Phi) is 5.09. The zero-order valence-electron chi connectivity index (χ0n) is 11.3. The number of hydrogen-bond acceptors (Lipinski definition) is 1. The summed E-state index contributed by atoms with van der Waals surface area (Å²) < 4.78 is 28.8. The molecule has 102 valence electrons. The van der Waals surface area contributed by atoms with Crippen LogP contribution in [-0.4, -0.2) is 8.96 Å². The van der Waals surface area contributed by atoms with Crippen molar-refractivity contribution >= 4 is 26.9 Å². The van der Waals surface area contributed by atoms with Crippen molar-refractivity contribution in [1.82, 2.24) is 4.72 Å². The Balaban J connectivity index is 2.98. The van der Waals surface area contributed by atoms with Gasteiger partial charge in [0, 0.05) is 10.5 Å². The molecule has 0 unspecified atom stereocenters. The van der Waals surface area contributed by atoms with Crippen LogP contribution in [0.2, 0.25) is 0 Å². The standard InChI is InChI=1S/C13H19BrFNOS/c1-8-11(6-10(15)7-12(8)14)9(2)16-18(17)13(3,4)5/h6-7,9,16H,1-5H3/t9-,18+/m1/s1. The number of hydrogen-bond donors (Lipinski definition) is 1. The molecule has 0 aliphatic rings. The molecule has 0 bridgehead atoms. The normalized spacial score (nSPS) is 15.5. The second kappa shape index (κ2) is 5.80. The third-order valence-electron chi connectivity index (χ3n) is 2.66. The molecule has 0 radical (unpaired) electrons. The van der Waals surface area contributed by atoms with Crippen LogP contribution in [0, 0.1) is 12.7 Å². The van der Waals surface area contributed by atoms with Gasteiger partial charge in [-0.3, -0.25) is 0 Å². The minimum Gasteiger partial charge on any atom is -0.242 e. The number of rotatable bonds is 3. The first-order chi connectivity index (χ1) is 8.12. The Morgan fingerprint density at radius 1 is 1.39 bits per heavy atom. The smallest absolute Gasteiger partial charge is 0.124 e. The van der Waals surface area contributed by atoms with Gasteiger partial charge in [-0.15, -0.1) is 0 Å². The second-order valence-electron chi connectivity index (χ2n) is 5.32. The average molecular weight is 336 g/mol. The van der Waals surface area contributed by atoms with Crippen molar-refractivity contribution < 1.29 is 8.60 Å². The van der Waals surface area contributed by atoms with E-state index in [1.54, 1.807) is 0 Å². The van der Waals surface area contributed by atoms with Crippen molar-refractivity contribution in [3.05, 3.63) is 33.5 Å². The van der Waals surface area contributed by atoms with Crippen molar-refractivity contribution in [3.63, 3.8) is 0 Å². The van der Waals surface area contributed by atoms with E-state index in [1.807, 2.05) is 34.6 Å². The highest BCUT2D eigenvalue weighted by atomic mass is 79.9. The van der Waals surface area contributed by atoms with Crippen molar-refractivity contribution in [2.75, 3.05) is 0 Å². The van der Waals surface area contributed by atoms with E-state index < -0.39 is 11.0 Å². The van der Waals surface area contributed by atoms with E-state index in [1.165, 1.54) is 12.1 Å². The third-order valence-corrected chi connectivity index (χ3v) is 5.16. The lowest BCUT2D eigenvalue weighted by Crippen LogP contribution is -2.35. The van der Waals surface area contributed by atoms with E-state index in [0.29, 0.717) is 0 Å². The fraction of sp³-hybridized carbons (Fsp3) is 0.538. The van der Waals surface area contributed by atoms with Crippen LogP contribution in [0.25, 0.3) is 0 Å². The van der Waals surface area contributed by atoms with Crippen molar-refractivity contribution in [2.45, 2.75) is 45.4 Å². The fourth-order valence-corrected chi connectivity index (χ4v) is 2.77. The van der Waals surface area contributed by atoms with Gasteiger partial charge in [0.2, 0.25) is 0 Å². The maximum atomic E-state index is 13.4. The molecule has 0 amide bonds. The zero-order valence-corrected chi connectivity index (χ0v) is 13.7. The summed E-state index contributed by atoms with van der Waals surface area (Å²) in [6.45, 7) is 9.50. The van der Waals surface area contributed by atoms with Gasteiger partial charge in [0.05, 0.1) is 15.7 Å². The summed E-state index contributed by atoms with van der Waals surface area (Å²) in [6, 6.07) is 2.75. The first kappa shape index (κ1) is 15.8. The van der Waals surface area contributed by atoms with Gasteiger partial charge >= 0.3 is 0 Å². The molecular formula is C13H19BrFNOS. The molecule has 1 rings (SSSR count). The topological polar surface area (TPSA) is 29.1 Å². The van der Waals surface area contributed by atoms with Crippen LogP contribution >= 0.6 is 15.9 Å². The third kappa shape index (κ3) is 3.87. The van der Waals surface area contributed by atoms with Gasteiger partial charge in [-0.1, -0.05) is 15.9 Å². The van der Waals surface area contributed by atoms with Crippen molar-refractivity contribution in [2.24, 2.45) is 0 Å². The minimum absolute atomic E-state index is 0.169. The molecule has 5 heteroatoms. The predicted molar refractivity (Wildman–Crippen MR) is 78.3 cm³/mol. The molecule has 0 heterocycles. The Labute approximate surface area is 119 Å².